The van der Waals surface area contributed by atoms with Crippen molar-refractivity contribution in [3.05, 3.63) is 100 Å². The summed E-state index contributed by atoms with van der Waals surface area (Å²) in [6.07, 6.45) is 1.40. The largest absolute Gasteiger partial charge is 0.352 e. The molecule has 0 aromatic heterocycles. The molecule has 3 aromatic carbocycles. The number of benzene rings is 3. The molecule has 2 atom stereocenters. The third kappa shape index (κ3) is 9.30. The molecule has 0 spiro atoms. The third-order valence-corrected chi connectivity index (χ3v) is 9.53. The molecule has 0 radical (unpaired) electrons. The number of halogens is 2. The van der Waals surface area contributed by atoms with Gasteiger partial charge in [0.1, 0.15) is 6.04 Å². The van der Waals surface area contributed by atoms with E-state index in [-0.39, 0.29) is 48.7 Å². The molecule has 220 valence electrons. The van der Waals surface area contributed by atoms with Crippen molar-refractivity contribution in [3.8, 4) is 0 Å². The molecule has 0 saturated carbocycles. The second-order valence-corrected chi connectivity index (χ2v) is 12.9. The standard InChI is InChI=1S/C31H37Cl2N3O4S/c1-4-23(2)34-31(38)29(21-24-12-7-5-8-13-24)36(22-25-17-18-27(32)28(33)20-25)30(37)16-11-19-35(3)41(39,40)26-14-9-6-10-15-26/h5-10,12-15,17-18,20,23,29H,4,11,16,19,21-22H2,1-3H3,(H,34,38)/t23-,29+/m0/s1. The van der Waals surface area contributed by atoms with Gasteiger partial charge in [0.2, 0.25) is 21.8 Å². The minimum Gasteiger partial charge on any atom is -0.352 e. The average molecular weight is 619 g/mol. The Bertz CT molecular complexity index is 1410. The van der Waals surface area contributed by atoms with Gasteiger partial charge in [0.05, 0.1) is 14.9 Å². The van der Waals surface area contributed by atoms with Crippen LogP contribution in [0.3, 0.4) is 0 Å². The Labute approximate surface area is 253 Å². The number of rotatable bonds is 14. The molecule has 0 unspecified atom stereocenters. The van der Waals surface area contributed by atoms with Crippen LogP contribution in [0.15, 0.2) is 83.8 Å². The molecule has 41 heavy (non-hydrogen) atoms. The maximum atomic E-state index is 13.8. The summed E-state index contributed by atoms with van der Waals surface area (Å²) in [6.45, 7) is 4.19. The van der Waals surface area contributed by atoms with E-state index in [1.54, 1.807) is 53.4 Å². The summed E-state index contributed by atoms with van der Waals surface area (Å²) < 4.78 is 27.1. The van der Waals surface area contributed by atoms with Gasteiger partial charge in [-0.2, -0.15) is 0 Å². The van der Waals surface area contributed by atoms with Gasteiger partial charge < -0.3 is 10.2 Å². The highest BCUT2D eigenvalue weighted by molar-refractivity contribution is 7.89. The van der Waals surface area contributed by atoms with Gasteiger partial charge in [-0.25, -0.2) is 12.7 Å². The maximum absolute atomic E-state index is 13.8. The lowest BCUT2D eigenvalue weighted by atomic mass is 10.0. The monoisotopic (exact) mass is 617 g/mol. The van der Waals surface area contributed by atoms with E-state index in [4.69, 9.17) is 23.2 Å². The van der Waals surface area contributed by atoms with Crippen LogP contribution in [0.25, 0.3) is 0 Å². The van der Waals surface area contributed by atoms with Crippen LogP contribution in [0.5, 0.6) is 0 Å². The number of hydrogen-bond donors (Lipinski definition) is 1. The van der Waals surface area contributed by atoms with E-state index >= 15 is 0 Å². The Kier molecular flexibility index (Phi) is 12.2. The lowest BCUT2D eigenvalue weighted by Crippen LogP contribution is -2.52. The van der Waals surface area contributed by atoms with Crippen LogP contribution in [0.2, 0.25) is 10.0 Å². The quantitative estimate of drug-likeness (QED) is 0.242. The molecule has 0 aliphatic rings. The average Bonchev–Trinajstić information content (AvgIpc) is 2.97. The first-order valence-electron chi connectivity index (χ1n) is 13.6. The molecule has 0 fully saturated rings. The van der Waals surface area contributed by atoms with Gasteiger partial charge in [0, 0.05) is 39.0 Å². The lowest BCUT2D eigenvalue weighted by Gasteiger charge is -2.32. The Morgan fingerprint density at radius 2 is 1.54 bits per heavy atom. The normalized spacial score (nSPS) is 13.0. The molecule has 10 heteroatoms. The van der Waals surface area contributed by atoms with E-state index in [1.165, 1.54) is 11.4 Å². The number of nitrogens with zero attached hydrogens (tertiary/aromatic N) is 2. The smallest absolute Gasteiger partial charge is 0.243 e. The van der Waals surface area contributed by atoms with Crippen molar-refractivity contribution < 1.29 is 18.0 Å². The van der Waals surface area contributed by atoms with Gasteiger partial charge in [0.25, 0.3) is 0 Å². The van der Waals surface area contributed by atoms with Crippen molar-refractivity contribution >= 4 is 45.0 Å². The maximum Gasteiger partial charge on any atom is 0.243 e. The number of carbonyl (C=O) groups is 2. The molecule has 0 bridgehead atoms. The number of hydrogen-bond acceptors (Lipinski definition) is 4. The molecular formula is C31H37Cl2N3O4S. The van der Waals surface area contributed by atoms with Crippen molar-refractivity contribution in [1.29, 1.82) is 0 Å². The topological polar surface area (TPSA) is 86.8 Å². The highest BCUT2D eigenvalue weighted by atomic mass is 35.5. The second-order valence-electron chi connectivity index (χ2n) is 10.0. The van der Waals surface area contributed by atoms with E-state index in [9.17, 15) is 18.0 Å². The van der Waals surface area contributed by atoms with E-state index in [0.29, 0.717) is 16.5 Å². The van der Waals surface area contributed by atoms with Crippen molar-refractivity contribution in [2.45, 2.75) is 63.1 Å². The Balaban J connectivity index is 1.86. The fourth-order valence-corrected chi connectivity index (χ4v) is 5.87. The molecule has 1 N–H and O–H groups in total. The summed E-state index contributed by atoms with van der Waals surface area (Å²) in [5.74, 6) is -0.512. The molecule has 0 aliphatic heterocycles. The minimum atomic E-state index is -3.68. The molecule has 0 saturated heterocycles. The first-order valence-corrected chi connectivity index (χ1v) is 15.8. The molecule has 7 nitrogen and oxygen atoms in total. The molecule has 3 aromatic rings. The first-order chi connectivity index (χ1) is 19.5. The zero-order valence-corrected chi connectivity index (χ0v) is 25.9. The number of nitrogens with one attached hydrogen (secondary N) is 1. The van der Waals surface area contributed by atoms with Crippen molar-refractivity contribution in [1.82, 2.24) is 14.5 Å². The first kappa shape index (κ1) is 32.6. The fraction of sp³-hybridized carbons (Fsp3) is 0.355. The number of sulfonamides is 1. The Morgan fingerprint density at radius 3 is 2.15 bits per heavy atom. The summed E-state index contributed by atoms with van der Waals surface area (Å²) in [4.78, 5) is 29.2. The zero-order chi connectivity index (χ0) is 30.0. The Morgan fingerprint density at radius 1 is 0.902 bits per heavy atom. The van der Waals surface area contributed by atoms with Crippen LogP contribution >= 0.6 is 23.2 Å². The predicted molar refractivity (Wildman–Crippen MR) is 164 cm³/mol. The fourth-order valence-electron chi connectivity index (χ4n) is 4.32. The SMILES string of the molecule is CC[C@H](C)NC(=O)[C@@H](Cc1ccccc1)N(Cc1ccc(Cl)c(Cl)c1)C(=O)CCCN(C)S(=O)(=O)c1ccccc1. The van der Waals surface area contributed by atoms with E-state index < -0.39 is 16.1 Å². The van der Waals surface area contributed by atoms with Crippen LogP contribution in [0.1, 0.15) is 44.2 Å². The third-order valence-electron chi connectivity index (χ3n) is 6.92. The zero-order valence-electron chi connectivity index (χ0n) is 23.6. The number of carbonyl (C=O) groups excluding carboxylic acids is 2. The highest BCUT2D eigenvalue weighted by Gasteiger charge is 2.31. The summed E-state index contributed by atoms with van der Waals surface area (Å²) in [5.41, 5.74) is 1.64. The van der Waals surface area contributed by atoms with Crippen LogP contribution < -0.4 is 5.32 Å². The van der Waals surface area contributed by atoms with Crippen LogP contribution in [-0.4, -0.2) is 55.1 Å². The molecule has 0 heterocycles. The van der Waals surface area contributed by atoms with Gasteiger partial charge in [-0.3, -0.25) is 9.59 Å². The van der Waals surface area contributed by atoms with E-state index in [0.717, 1.165) is 17.5 Å². The summed E-state index contributed by atoms with van der Waals surface area (Å²) >= 11 is 12.4. The molecule has 0 aliphatic carbocycles. The van der Waals surface area contributed by atoms with Gasteiger partial charge in [-0.05, 0) is 55.2 Å². The van der Waals surface area contributed by atoms with E-state index in [1.807, 2.05) is 44.2 Å². The van der Waals surface area contributed by atoms with Gasteiger partial charge in [-0.1, -0.05) is 84.7 Å². The van der Waals surface area contributed by atoms with Crippen LogP contribution in [0.4, 0.5) is 0 Å². The van der Waals surface area contributed by atoms with Crippen LogP contribution in [-0.2, 0) is 32.6 Å². The van der Waals surface area contributed by atoms with Crippen molar-refractivity contribution in [3.63, 3.8) is 0 Å². The highest BCUT2D eigenvalue weighted by Crippen LogP contribution is 2.25. The molecule has 3 rings (SSSR count). The van der Waals surface area contributed by atoms with Gasteiger partial charge in [0.15, 0.2) is 0 Å². The predicted octanol–water partition coefficient (Wildman–Crippen LogP) is 5.95. The summed E-state index contributed by atoms with van der Waals surface area (Å²) in [7, 11) is -2.19. The van der Waals surface area contributed by atoms with Gasteiger partial charge >= 0.3 is 0 Å². The van der Waals surface area contributed by atoms with E-state index in [2.05, 4.69) is 5.32 Å². The van der Waals surface area contributed by atoms with Gasteiger partial charge in [-0.15, -0.1) is 0 Å². The second kappa shape index (κ2) is 15.4. The molecule has 2 amide bonds. The molecular weight excluding hydrogens is 581 g/mol. The Hall–Kier alpha value is -2.91. The summed E-state index contributed by atoms with van der Waals surface area (Å²) in [5, 5.41) is 3.79. The van der Waals surface area contributed by atoms with Crippen LogP contribution in [0, 0.1) is 0 Å². The summed E-state index contributed by atoms with van der Waals surface area (Å²) in [6, 6.07) is 22.0. The lowest BCUT2D eigenvalue weighted by molar-refractivity contribution is -0.141. The number of amides is 2. The van der Waals surface area contributed by atoms with Crippen molar-refractivity contribution in [2.24, 2.45) is 0 Å². The minimum absolute atomic E-state index is 0.0534. The van der Waals surface area contributed by atoms with Crippen molar-refractivity contribution in [2.75, 3.05) is 13.6 Å².